The summed E-state index contributed by atoms with van der Waals surface area (Å²) < 4.78 is 0. The van der Waals surface area contributed by atoms with Crippen molar-refractivity contribution in [3.05, 3.63) is 45.4 Å². The molecule has 0 aliphatic heterocycles. The number of fused-ring (bicyclic) bond motifs is 1. The number of anilines is 1. The Morgan fingerprint density at radius 3 is 3.04 bits per heavy atom. The maximum atomic E-state index is 5.94. The summed E-state index contributed by atoms with van der Waals surface area (Å²) in [6.45, 7) is 2.79. The zero-order chi connectivity index (χ0) is 16.1. The van der Waals surface area contributed by atoms with Crippen LogP contribution in [0, 0.1) is 6.92 Å². The van der Waals surface area contributed by atoms with Crippen molar-refractivity contribution in [1.82, 2.24) is 4.98 Å². The van der Waals surface area contributed by atoms with Gasteiger partial charge in [0.1, 0.15) is 0 Å². The molecule has 0 amide bonds. The van der Waals surface area contributed by atoms with Gasteiger partial charge in [-0.25, -0.2) is 4.98 Å². The zero-order valence-corrected chi connectivity index (χ0v) is 14.5. The Balaban J connectivity index is 1.46. The number of thiazole rings is 1. The average Bonchev–Trinajstić information content (AvgIpc) is 2.94. The number of hydrogen-bond donors (Lipinski definition) is 2. The lowest BCUT2D eigenvalue weighted by Gasteiger charge is -2.06. The van der Waals surface area contributed by atoms with E-state index in [2.05, 4.69) is 29.4 Å². The number of nitrogens with two attached hydrogens (primary N) is 1. The van der Waals surface area contributed by atoms with E-state index in [4.69, 9.17) is 10.7 Å². The van der Waals surface area contributed by atoms with Crippen LogP contribution in [0.5, 0.6) is 0 Å². The number of aryl methyl sites for hydroxylation is 4. The third-order valence-electron chi connectivity index (χ3n) is 4.01. The van der Waals surface area contributed by atoms with E-state index in [0.29, 0.717) is 5.96 Å². The summed E-state index contributed by atoms with van der Waals surface area (Å²) >= 11 is 1.89. The standard InChI is InChI=1S/C18H24N4S/c1-13-6-4-7-14(12-13)21-18(19)20-11-5-10-17-22-15-8-2-3-9-16(15)23-17/h4,6-7,12H,2-3,5,8-11H2,1H3,(H3,19,20,21). The van der Waals surface area contributed by atoms with Crippen molar-refractivity contribution in [3.8, 4) is 0 Å². The molecular formula is C18H24N4S. The van der Waals surface area contributed by atoms with Gasteiger partial charge < -0.3 is 11.1 Å². The number of benzene rings is 1. The van der Waals surface area contributed by atoms with Crippen molar-refractivity contribution in [2.24, 2.45) is 10.7 Å². The summed E-state index contributed by atoms with van der Waals surface area (Å²) in [5, 5.41) is 4.40. The quantitative estimate of drug-likeness (QED) is 0.500. The van der Waals surface area contributed by atoms with Crippen molar-refractivity contribution >= 4 is 23.0 Å². The summed E-state index contributed by atoms with van der Waals surface area (Å²) in [7, 11) is 0. The minimum absolute atomic E-state index is 0.481. The van der Waals surface area contributed by atoms with E-state index in [1.54, 1.807) is 0 Å². The van der Waals surface area contributed by atoms with E-state index in [-0.39, 0.29) is 0 Å². The SMILES string of the molecule is Cc1cccc(NC(N)=NCCCc2nc3c(s2)CCCC3)c1. The molecule has 1 aromatic carbocycles. The molecule has 2 aromatic rings. The van der Waals surface area contributed by atoms with E-state index in [9.17, 15) is 0 Å². The summed E-state index contributed by atoms with van der Waals surface area (Å²) in [6, 6.07) is 8.12. The Hall–Kier alpha value is -1.88. The number of hydrogen-bond acceptors (Lipinski definition) is 3. The van der Waals surface area contributed by atoms with E-state index >= 15 is 0 Å². The third kappa shape index (κ3) is 4.55. The molecule has 0 unspecified atom stereocenters. The first-order valence-corrected chi connectivity index (χ1v) is 9.13. The molecule has 0 radical (unpaired) electrons. The topological polar surface area (TPSA) is 63.3 Å². The lowest BCUT2D eigenvalue weighted by molar-refractivity contribution is 0.679. The van der Waals surface area contributed by atoms with Gasteiger partial charge in [-0.3, -0.25) is 4.99 Å². The molecular weight excluding hydrogens is 304 g/mol. The van der Waals surface area contributed by atoms with Gasteiger partial charge in [0.05, 0.1) is 10.7 Å². The van der Waals surface area contributed by atoms with Gasteiger partial charge in [0.2, 0.25) is 0 Å². The van der Waals surface area contributed by atoms with Gasteiger partial charge in [0, 0.05) is 23.5 Å². The highest BCUT2D eigenvalue weighted by Gasteiger charge is 2.14. The van der Waals surface area contributed by atoms with E-state index in [0.717, 1.165) is 31.5 Å². The van der Waals surface area contributed by atoms with Crippen molar-refractivity contribution in [2.45, 2.75) is 45.4 Å². The summed E-state index contributed by atoms with van der Waals surface area (Å²) in [5.74, 6) is 0.481. The normalized spacial score (nSPS) is 14.6. The van der Waals surface area contributed by atoms with Crippen LogP contribution in [0.15, 0.2) is 29.3 Å². The Morgan fingerprint density at radius 1 is 1.35 bits per heavy atom. The lowest BCUT2D eigenvalue weighted by Crippen LogP contribution is -2.22. The number of aliphatic imine (C=N–C) groups is 1. The van der Waals surface area contributed by atoms with Gasteiger partial charge >= 0.3 is 0 Å². The molecule has 122 valence electrons. The Morgan fingerprint density at radius 2 is 2.22 bits per heavy atom. The second-order valence-electron chi connectivity index (χ2n) is 6.05. The number of nitrogens with one attached hydrogen (secondary N) is 1. The number of nitrogens with zero attached hydrogens (tertiary/aromatic N) is 2. The van der Waals surface area contributed by atoms with Gasteiger partial charge in [-0.05, 0) is 56.7 Å². The number of aromatic nitrogens is 1. The van der Waals surface area contributed by atoms with Crippen LogP contribution in [-0.2, 0) is 19.3 Å². The van der Waals surface area contributed by atoms with Crippen LogP contribution in [-0.4, -0.2) is 17.5 Å². The van der Waals surface area contributed by atoms with Crippen LogP contribution >= 0.6 is 11.3 Å². The predicted molar refractivity (Wildman–Crippen MR) is 98.4 cm³/mol. The first kappa shape index (κ1) is 16.0. The molecule has 5 heteroatoms. The molecule has 0 fully saturated rings. The molecule has 3 N–H and O–H groups in total. The fraction of sp³-hybridized carbons (Fsp3) is 0.444. The first-order chi connectivity index (χ1) is 11.2. The van der Waals surface area contributed by atoms with Crippen LogP contribution < -0.4 is 11.1 Å². The van der Waals surface area contributed by atoms with Gasteiger partial charge in [-0.15, -0.1) is 11.3 Å². The van der Waals surface area contributed by atoms with Crippen molar-refractivity contribution in [3.63, 3.8) is 0 Å². The largest absolute Gasteiger partial charge is 0.370 e. The molecule has 3 rings (SSSR count). The number of rotatable bonds is 5. The summed E-state index contributed by atoms with van der Waals surface area (Å²) in [5.41, 5.74) is 9.48. The van der Waals surface area contributed by atoms with Crippen LogP contribution in [0.25, 0.3) is 0 Å². The monoisotopic (exact) mass is 328 g/mol. The smallest absolute Gasteiger partial charge is 0.193 e. The molecule has 0 bridgehead atoms. The van der Waals surface area contributed by atoms with Crippen LogP contribution in [0.3, 0.4) is 0 Å². The fourth-order valence-electron chi connectivity index (χ4n) is 2.85. The molecule has 0 saturated carbocycles. The van der Waals surface area contributed by atoms with Gasteiger partial charge in [-0.1, -0.05) is 12.1 Å². The maximum Gasteiger partial charge on any atom is 0.193 e. The fourth-order valence-corrected chi connectivity index (χ4v) is 4.05. The second kappa shape index (κ2) is 7.59. The highest BCUT2D eigenvalue weighted by atomic mass is 32.1. The molecule has 0 saturated heterocycles. The highest BCUT2D eigenvalue weighted by molar-refractivity contribution is 7.11. The number of guanidine groups is 1. The van der Waals surface area contributed by atoms with Crippen LogP contribution in [0.2, 0.25) is 0 Å². The lowest BCUT2D eigenvalue weighted by atomic mass is 10.0. The first-order valence-electron chi connectivity index (χ1n) is 8.32. The average molecular weight is 328 g/mol. The zero-order valence-electron chi connectivity index (χ0n) is 13.6. The second-order valence-corrected chi connectivity index (χ2v) is 7.22. The van der Waals surface area contributed by atoms with Crippen LogP contribution in [0.1, 0.15) is 40.4 Å². The minimum Gasteiger partial charge on any atom is -0.370 e. The maximum absolute atomic E-state index is 5.94. The van der Waals surface area contributed by atoms with Crippen molar-refractivity contribution < 1.29 is 0 Å². The molecule has 0 spiro atoms. The predicted octanol–water partition coefficient (Wildman–Crippen LogP) is 3.69. The molecule has 0 atom stereocenters. The minimum atomic E-state index is 0.481. The molecule has 1 aliphatic carbocycles. The summed E-state index contributed by atoms with van der Waals surface area (Å²) in [6.07, 6.45) is 6.99. The van der Waals surface area contributed by atoms with Gasteiger partial charge in [-0.2, -0.15) is 0 Å². The molecule has 4 nitrogen and oxygen atoms in total. The Labute approximate surface area is 141 Å². The van der Waals surface area contributed by atoms with Crippen molar-refractivity contribution in [2.75, 3.05) is 11.9 Å². The molecule has 23 heavy (non-hydrogen) atoms. The molecule has 1 heterocycles. The Bertz CT molecular complexity index is 667. The third-order valence-corrected chi connectivity index (χ3v) is 5.23. The van der Waals surface area contributed by atoms with Crippen molar-refractivity contribution in [1.29, 1.82) is 0 Å². The Kier molecular flexibility index (Phi) is 5.28. The van der Waals surface area contributed by atoms with E-state index in [1.807, 2.05) is 23.5 Å². The van der Waals surface area contributed by atoms with E-state index in [1.165, 1.54) is 40.4 Å². The molecule has 1 aliphatic rings. The molecule has 1 aromatic heterocycles. The summed E-state index contributed by atoms with van der Waals surface area (Å²) in [4.78, 5) is 10.7. The highest BCUT2D eigenvalue weighted by Crippen LogP contribution is 2.27. The van der Waals surface area contributed by atoms with Gasteiger partial charge in [0.25, 0.3) is 0 Å². The van der Waals surface area contributed by atoms with Gasteiger partial charge in [0.15, 0.2) is 5.96 Å². The van der Waals surface area contributed by atoms with E-state index < -0.39 is 0 Å². The van der Waals surface area contributed by atoms with Crippen LogP contribution in [0.4, 0.5) is 5.69 Å².